The third kappa shape index (κ3) is 3.61. The van der Waals surface area contributed by atoms with Gasteiger partial charge >= 0.3 is 5.97 Å². The van der Waals surface area contributed by atoms with Crippen molar-refractivity contribution in [3.05, 3.63) is 56.7 Å². The fourth-order valence-corrected chi connectivity index (χ4v) is 5.82. The summed E-state index contributed by atoms with van der Waals surface area (Å²) < 4.78 is 6.57. The van der Waals surface area contributed by atoms with Gasteiger partial charge in [-0.3, -0.25) is 14.2 Å². The van der Waals surface area contributed by atoms with E-state index >= 15 is 0 Å². The molecule has 1 aliphatic carbocycles. The molecule has 0 aliphatic heterocycles. The van der Waals surface area contributed by atoms with Crippen LogP contribution in [0.5, 0.6) is 0 Å². The number of thioether (sulfide) groups is 1. The summed E-state index contributed by atoms with van der Waals surface area (Å²) in [6, 6.07) is 9.87. The average Bonchev–Trinajstić information content (AvgIpc) is 3.09. The number of aryl methyl sites for hydroxylation is 2. The number of nitrogens with zero attached hydrogens (tertiary/aromatic N) is 2. The van der Waals surface area contributed by atoms with Gasteiger partial charge in [-0.1, -0.05) is 42.1 Å². The highest BCUT2D eigenvalue weighted by molar-refractivity contribution is 8.00. The molecular weight excluding hydrogens is 392 g/mol. The molecule has 28 heavy (non-hydrogen) atoms. The first-order chi connectivity index (χ1) is 13.6. The number of methoxy groups -OCH3 is 1. The molecule has 1 aromatic carbocycles. The van der Waals surface area contributed by atoms with E-state index in [1.54, 1.807) is 22.8 Å². The van der Waals surface area contributed by atoms with E-state index in [0.29, 0.717) is 11.7 Å². The van der Waals surface area contributed by atoms with E-state index in [0.717, 1.165) is 35.0 Å². The van der Waals surface area contributed by atoms with Crippen molar-refractivity contribution < 1.29 is 9.53 Å². The lowest BCUT2D eigenvalue weighted by atomic mass is 9.97. The minimum absolute atomic E-state index is 0.00665. The Morgan fingerprint density at radius 2 is 2.04 bits per heavy atom. The number of hydrogen-bond acceptors (Lipinski definition) is 6. The predicted octanol–water partition coefficient (Wildman–Crippen LogP) is 4.04. The zero-order chi connectivity index (χ0) is 19.7. The van der Waals surface area contributed by atoms with Crippen LogP contribution in [0.3, 0.4) is 0 Å². The molecule has 5 nitrogen and oxygen atoms in total. The third-order valence-corrected chi connectivity index (χ3v) is 7.29. The number of hydrogen-bond donors (Lipinski definition) is 0. The van der Waals surface area contributed by atoms with Crippen molar-refractivity contribution in [3.8, 4) is 0 Å². The maximum atomic E-state index is 13.5. The molecule has 0 amide bonds. The molecule has 2 heterocycles. The molecule has 0 saturated carbocycles. The summed E-state index contributed by atoms with van der Waals surface area (Å²) in [4.78, 5) is 32.4. The second-order valence-electron chi connectivity index (χ2n) is 6.95. The summed E-state index contributed by atoms with van der Waals surface area (Å²) in [5.74, 6) is -0.323. The maximum absolute atomic E-state index is 13.5. The number of fused-ring (bicyclic) bond motifs is 3. The van der Waals surface area contributed by atoms with Crippen molar-refractivity contribution in [2.45, 2.75) is 49.6 Å². The number of carbonyl (C=O) groups excluding carboxylic acids is 1. The fourth-order valence-electron chi connectivity index (χ4n) is 3.59. The first-order valence-electron chi connectivity index (χ1n) is 9.42. The van der Waals surface area contributed by atoms with E-state index in [-0.39, 0.29) is 11.5 Å². The lowest BCUT2D eigenvalue weighted by Gasteiger charge is -2.15. The van der Waals surface area contributed by atoms with Crippen LogP contribution in [0.15, 0.2) is 40.3 Å². The summed E-state index contributed by atoms with van der Waals surface area (Å²) in [6.07, 6.45) is 4.25. The van der Waals surface area contributed by atoms with Crippen molar-refractivity contribution >= 4 is 39.3 Å². The van der Waals surface area contributed by atoms with Gasteiger partial charge in [-0.05, 0) is 43.7 Å². The van der Waals surface area contributed by atoms with Crippen LogP contribution in [0, 0.1) is 0 Å². The number of rotatable bonds is 5. The number of esters is 1. The van der Waals surface area contributed by atoms with Crippen LogP contribution in [0.4, 0.5) is 0 Å². The SMILES string of the molecule is COC(=O)[C@@H](C)Sc1nc2sc3c(c2c(=O)n1Cc1ccccc1)CCCC3. The van der Waals surface area contributed by atoms with Crippen molar-refractivity contribution in [1.82, 2.24) is 9.55 Å². The molecule has 4 rings (SSSR count). The molecule has 1 atom stereocenters. The number of thiophene rings is 1. The first-order valence-corrected chi connectivity index (χ1v) is 11.1. The van der Waals surface area contributed by atoms with Crippen LogP contribution in [-0.2, 0) is 28.9 Å². The second-order valence-corrected chi connectivity index (χ2v) is 9.34. The summed E-state index contributed by atoms with van der Waals surface area (Å²) in [7, 11) is 1.38. The van der Waals surface area contributed by atoms with Crippen LogP contribution in [-0.4, -0.2) is 27.9 Å². The van der Waals surface area contributed by atoms with Crippen LogP contribution < -0.4 is 5.56 Å². The first kappa shape index (κ1) is 19.2. The second kappa shape index (κ2) is 8.09. The molecule has 0 radical (unpaired) electrons. The molecular formula is C21H22N2O3S2. The molecule has 0 fully saturated rings. The van der Waals surface area contributed by atoms with E-state index in [2.05, 4.69) is 0 Å². The Hall–Kier alpha value is -2.12. The molecule has 0 spiro atoms. The van der Waals surface area contributed by atoms with Gasteiger partial charge in [0, 0.05) is 4.88 Å². The molecule has 0 bridgehead atoms. The van der Waals surface area contributed by atoms with Crippen LogP contribution in [0.1, 0.15) is 35.8 Å². The van der Waals surface area contributed by atoms with Gasteiger partial charge in [-0.25, -0.2) is 4.98 Å². The van der Waals surface area contributed by atoms with Crippen molar-refractivity contribution in [1.29, 1.82) is 0 Å². The highest BCUT2D eigenvalue weighted by Crippen LogP contribution is 2.35. The predicted molar refractivity (Wildman–Crippen MR) is 113 cm³/mol. The number of carbonyl (C=O) groups is 1. The normalized spacial score (nSPS) is 14.6. The zero-order valence-corrected chi connectivity index (χ0v) is 17.6. The molecule has 3 aromatic rings. The van der Waals surface area contributed by atoms with Gasteiger partial charge in [0.2, 0.25) is 0 Å². The Morgan fingerprint density at radius 3 is 2.79 bits per heavy atom. The van der Waals surface area contributed by atoms with Gasteiger partial charge in [0.05, 0.1) is 19.0 Å². The van der Waals surface area contributed by atoms with E-state index in [1.807, 2.05) is 30.3 Å². The van der Waals surface area contributed by atoms with Crippen molar-refractivity contribution in [3.63, 3.8) is 0 Å². The Morgan fingerprint density at radius 1 is 1.29 bits per heavy atom. The zero-order valence-electron chi connectivity index (χ0n) is 15.9. The van der Waals surface area contributed by atoms with Gasteiger partial charge < -0.3 is 4.74 Å². The Bertz CT molecular complexity index is 1070. The third-order valence-electron chi connectivity index (χ3n) is 5.04. The quantitative estimate of drug-likeness (QED) is 0.358. The fraction of sp³-hybridized carbons (Fsp3) is 0.381. The Balaban J connectivity index is 1.86. The molecule has 146 valence electrons. The van der Waals surface area contributed by atoms with Crippen molar-refractivity contribution in [2.75, 3.05) is 7.11 Å². The maximum Gasteiger partial charge on any atom is 0.318 e. The highest BCUT2D eigenvalue weighted by Gasteiger charge is 2.24. The number of aromatic nitrogens is 2. The smallest absolute Gasteiger partial charge is 0.318 e. The van der Waals surface area contributed by atoms with Crippen molar-refractivity contribution in [2.24, 2.45) is 0 Å². The lowest BCUT2D eigenvalue weighted by Crippen LogP contribution is -2.26. The van der Waals surface area contributed by atoms with E-state index in [1.165, 1.54) is 35.7 Å². The molecule has 0 unspecified atom stereocenters. The van der Waals surface area contributed by atoms with Gasteiger partial charge in [0.15, 0.2) is 5.16 Å². The van der Waals surface area contributed by atoms with Crippen LogP contribution in [0.25, 0.3) is 10.2 Å². The van der Waals surface area contributed by atoms with Gasteiger partial charge in [0.25, 0.3) is 5.56 Å². The van der Waals surface area contributed by atoms with Gasteiger partial charge in [0.1, 0.15) is 10.1 Å². The number of ether oxygens (including phenoxy) is 1. The van der Waals surface area contributed by atoms with Crippen LogP contribution >= 0.6 is 23.1 Å². The molecule has 0 saturated heterocycles. The van der Waals surface area contributed by atoms with E-state index in [9.17, 15) is 9.59 Å². The van der Waals surface area contributed by atoms with E-state index in [4.69, 9.17) is 9.72 Å². The Labute approximate surface area is 171 Å². The standard InChI is InChI=1S/C21H22N2O3S2/c1-13(20(25)26-2)27-21-22-18-17(15-10-6-7-11-16(15)28-18)19(24)23(21)12-14-8-4-3-5-9-14/h3-5,8-9,13H,6-7,10-12H2,1-2H3/t13-/m1/s1. The Kier molecular flexibility index (Phi) is 5.55. The molecule has 1 aliphatic rings. The summed E-state index contributed by atoms with van der Waals surface area (Å²) in [5, 5.41) is 0.898. The summed E-state index contributed by atoms with van der Waals surface area (Å²) in [6.45, 7) is 2.21. The summed E-state index contributed by atoms with van der Waals surface area (Å²) in [5.41, 5.74) is 2.21. The van der Waals surface area contributed by atoms with Gasteiger partial charge in [-0.2, -0.15) is 0 Å². The number of benzene rings is 1. The average molecular weight is 415 g/mol. The minimum Gasteiger partial charge on any atom is -0.468 e. The topological polar surface area (TPSA) is 61.2 Å². The van der Waals surface area contributed by atoms with E-state index < -0.39 is 5.25 Å². The highest BCUT2D eigenvalue weighted by atomic mass is 32.2. The minimum atomic E-state index is -0.439. The summed E-state index contributed by atoms with van der Waals surface area (Å²) >= 11 is 2.91. The lowest BCUT2D eigenvalue weighted by molar-refractivity contribution is -0.139. The monoisotopic (exact) mass is 414 g/mol. The molecule has 2 aromatic heterocycles. The van der Waals surface area contributed by atoms with Crippen LogP contribution in [0.2, 0.25) is 0 Å². The van der Waals surface area contributed by atoms with Gasteiger partial charge in [-0.15, -0.1) is 11.3 Å². The molecule has 0 N–H and O–H groups in total. The largest absolute Gasteiger partial charge is 0.468 e. The molecule has 7 heteroatoms.